The van der Waals surface area contributed by atoms with Gasteiger partial charge in [-0.2, -0.15) is 0 Å². The molecular weight excluding hydrogens is 322 g/mol. The topological polar surface area (TPSA) is 49.8 Å². The molecule has 1 saturated heterocycles. The molecule has 1 heterocycles. The van der Waals surface area contributed by atoms with E-state index in [2.05, 4.69) is 15.9 Å². The Labute approximate surface area is 127 Å². The normalized spacial score (nSPS) is 22.6. The molecule has 1 aliphatic heterocycles. The lowest BCUT2D eigenvalue weighted by Gasteiger charge is -2.34. The van der Waals surface area contributed by atoms with Crippen molar-refractivity contribution >= 4 is 21.8 Å². The summed E-state index contributed by atoms with van der Waals surface area (Å²) < 4.78 is 6.55. The molecule has 0 spiro atoms. The highest BCUT2D eigenvalue weighted by Gasteiger charge is 2.26. The summed E-state index contributed by atoms with van der Waals surface area (Å²) in [6.45, 7) is 3.64. The van der Waals surface area contributed by atoms with Crippen molar-refractivity contribution in [3.05, 3.63) is 28.7 Å². The van der Waals surface area contributed by atoms with Crippen molar-refractivity contribution in [2.45, 2.75) is 25.9 Å². The van der Waals surface area contributed by atoms with E-state index in [1.54, 1.807) is 0 Å². The van der Waals surface area contributed by atoms with Gasteiger partial charge in [-0.05, 0) is 36.6 Å². The first kappa shape index (κ1) is 15.3. The molecule has 0 aromatic heterocycles. The lowest BCUT2D eigenvalue weighted by Crippen LogP contribution is -2.45. The minimum atomic E-state index is -0.280. The van der Waals surface area contributed by atoms with Crippen LogP contribution >= 0.6 is 15.9 Å². The Morgan fingerprint density at radius 2 is 2.15 bits per heavy atom. The number of rotatable bonds is 4. The molecule has 0 radical (unpaired) electrons. The van der Waals surface area contributed by atoms with Crippen LogP contribution in [0.25, 0.3) is 0 Å². The molecule has 1 fully saturated rings. The molecule has 2 unspecified atom stereocenters. The van der Waals surface area contributed by atoms with Gasteiger partial charge in [-0.1, -0.05) is 22.9 Å². The zero-order valence-electron chi connectivity index (χ0n) is 11.6. The van der Waals surface area contributed by atoms with E-state index >= 15 is 0 Å². The fourth-order valence-electron chi connectivity index (χ4n) is 2.30. The SMILES string of the molecule is CC1CN(C(=O)CCOc2ccc(Br)cc2)CCC1O. The highest BCUT2D eigenvalue weighted by molar-refractivity contribution is 9.10. The van der Waals surface area contributed by atoms with E-state index in [-0.39, 0.29) is 17.9 Å². The van der Waals surface area contributed by atoms with Crippen LogP contribution in [0.1, 0.15) is 19.8 Å². The molecule has 2 rings (SSSR count). The second-order valence-electron chi connectivity index (χ2n) is 5.23. The van der Waals surface area contributed by atoms with E-state index in [1.807, 2.05) is 36.1 Å². The lowest BCUT2D eigenvalue weighted by molar-refractivity contribution is -0.135. The Kier molecular flexibility index (Phi) is 5.43. The van der Waals surface area contributed by atoms with Gasteiger partial charge in [-0.15, -0.1) is 0 Å². The van der Waals surface area contributed by atoms with Crippen LogP contribution in [0, 0.1) is 5.92 Å². The Morgan fingerprint density at radius 3 is 2.80 bits per heavy atom. The maximum atomic E-state index is 12.1. The number of aliphatic hydroxyl groups is 1. The highest BCUT2D eigenvalue weighted by Crippen LogP contribution is 2.18. The van der Waals surface area contributed by atoms with Gasteiger partial charge in [-0.25, -0.2) is 0 Å². The average molecular weight is 342 g/mol. The molecule has 0 saturated carbocycles. The van der Waals surface area contributed by atoms with Crippen LogP contribution in [-0.4, -0.2) is 41.7 Å². The van der Waals surface area contributed by atoms with E-state index in [9.17, 15) is 9.90 Å². The van der Waals surface area contributed by atoms with Crippen LogP contribution in [0.5, 0.6) is 5.75 Å². The molecule has 110 valence electrons. The summed E-state index contributed by atoms with van der Waals surface area (Å²) in [5, 5.41) is 9.66. The maximum absolute atomic E-state index is 12.1. The van der Waals surface area contributed by atoms with Gasteiger partial charge in [0.15, 0.2) is 0 Å². The Hall–Kier alpha value is -1.07. The van der Waals surface area contributed by atoms with Crippen molar-refractivity contribution in [2.24, 2.45) is 5.92 Å². The van der Waals surface area contributed by atoms with Gasteiger partial charge in [0, 0.05) is 17.6 Å². The van der Waals surface area contributed by atoms with Gasteiger partial charge < -0.3 is 14.7 Å². The summed E-state index contributed by atoms with van der Waals surface area (Å²) in [5.74, 6) is 1.02. The van der Waals surface area contributed by atoms with Crippen molar-refractivity contribution in [1.82, 2.24) is 4.90 Å². The third-order valence-corrected chi connectivity index (χ3v) is 4.14. The summed E-state index contributed by atoms with van der Waals surface area (Å²) in [6.07, 6.45) is 0.761. The smallest absolute Gasteiger partial charge is 0.226 e. The average Bonchev–Trinajstić information content (AvgIpc) is 2.44. The molecule has 1 N–H and O–H groups in total. The van der Waals surface area contributed by atoms with Crippen LogP contribution < -0.4 is 4.74 Å². The maximum Gasteiger partial charge on any atom is 0.226 e. The largest absolute Gasteiger partial charge is 0.493 e. The van der Waals surface area contributed by atoms with Crippen molar-refractivity contribution in [3.63, 3.8) is 0 Å². The van der Waals surface area contributed by atoms with Gasteiger partial charge in [0.05, 0.1) is 19.1 Å². The first-order chi connectivity index (χ1) is 9.56. The van der Waals surface area contributed by atoms with Crippen molar-refractivity contribution in [2.75, 3.05) is 19.7 Å². The number of amides is 1. The Balaban J connectivity index is 1.74. The first-order valence-corrected chi connectivity index (χ1v) is 7.70. The standard InChI is InChI=1S/C15H20BrNO3/c1-11-10-17(8-6-14(11)18)15(19)7-9-20-13-4-2-12(16)3-5-13/h2-5,11,14,18H,6-10H2,1H3. The van der Waals surface area contributed by atoms with Crippen LogP contribution in [-0.2, 0) is 4.79 Å². The summed E-state index contributed by atoms with van der Waals surface area (Å²) in [6, 6.07) is 7.55. The quantitative estimate of drug-likeness (QED) is 0.914. The Morgan fingerprint density at radius 1 is 1.45 bits per heavy atom. The third kappa shape index (κ3) is 4.21. The predicted octanol–water partition coefficient (Wildman–Crippen LogP) is 2.45. The van der Waals surface area contributed by atoms with Crippen molar-refractivity contribution < 1.29 is 14.6 Å². The number of carbonyl (C=O) groups excluding carboxylic acids is 1. The summed E-state index contributed by atoms with van der Waals surface area (Å²) in [7, 11) is 0. The van der Waals surface area contributed by atoms with Gasteiger partial charge in [0.1, 0.15) is 5.75 Å². The monoisotopic (exact) mass is 341 g/mol. The van der Waals surface area contributed by atoms with E-state index in [4.69, 9.17) is 4.74 Å². The third-order valence-electron chi connectivity index (χ3n) is 3.61. The van der Waals surface area contributed by atoms with Gasteiger partial charge >= 0.3 is 0 Å². The number of nitrogens with zero attached hydrogens (tertiary/aromatic N) is 1. The molecule has 1 aromatic rings. The number of hydrogen-bond acceptors (Lipinski definition) is 3. The molecule has 1 amide bonds. The number of benzene rings is 1. The number of ether oxygens (including phenoxy) is 1. The number of piperidine rings is 1. The Bertz CT molecular complexity index is 449. The van der Waals surface area contributed by atoms with E-state index < -0.39 is 0 Å². The fraction of sp³-hybridized carbons (Fsp3) is 0.533. The molecule has 2 atom stereocenters. The predicted molar refractivity (Wildman–Crippen MR) is 80.6 cm³/mol. The fourth-order valence-corrected chi connectivity index (χ4v) is 2.57. The van der Waals surface area contributed by atoms with Crippen molar-refractivity contribution in [3.8, 4) is 5.75 Å². The molecule has 1 aromatic carbocycles. The first-order valence-electron chi connectivity index (χ1n) is 6.90. The number of likely N-dealkylation sites (tertiary alicyclic amines) is 1. The number of carbonyl (C=O) groups is 1. The van der Waals surface area contributed by atoms with E-state index in [1.165, 1.54) is 0 Å². The summed E-state index contributed by atoms with van der Waals surface area (Å²) in [5.41, 5.74) is 0. The minimum Gasteiger partial charge on any atom is -0.493 e. The zero-order valence-corrected chi connectivity index (χ0v) is 13.2. The van der Waals surface area contributed by atoms with Crippen LogP contribution in [0.3, 0.4) is 0 Å². The molecular formula is C15H20BrNO3. The van der Waals surface area contributed by atoms with Crippen molar-refractivity contribution in [1.29, 1.82) is 0 Å². The van der Waals surface area contributed by atoms with Gasteiger partial charge in [0.2, 0.25) is 5.91 Å². The lowest BCUT2D eigenvalue weighted by atomic mass is 9.96. The number of hydrogen-bond donors (Lipinski definition) is 1. The van der Waals surface area contributed by atoms with Crippen LogP contribution in [0.15, 0.2) is 28.7 Å². The van der Waals surface area contributed by atoms with E-state index in [0.717, 1.165) is 10.2 Å². The molecule has 1 aliphatic rings. The second-order valence-corrected chi connectivity index (χ2v) is 6.14. The molecule has 0 aliphatic carbocycles. The summed E-state index contributed by atoms with van der Waals surface area (Å²) in [4.78, 5) is 13.9. The number of halogens is 1. The molecule has 0 bridgehead atoms. The van der Waals surface area contributed by atoms with Gasteiger partial charge in [0.25, 0.3) is 0 Å². The summed E-state index contributed by atoms with van der Waals surface area (Å²) >= 11 is 3.36. The van der Waals surface area contributed by atoms with Gasteiger partial charge in [-0.3, -0.25) is 4.79 Å². The van der Waals surface area contributed by atoms with E-state index in [0.29, 0.717) is 32.5 Å². The number of aliphatic hydroxyl groups excluding tert-OH is 1. The molecule has 20 heavy (non-hydrogen) atoms. The highest BCUT2D eigenvalue weighted by atomic mass is 79.9. The molecule has 4 nitrogen and oxygen atoms in total. The zero-order chi connectivity index (χ0) is 14.5. The van der Waals surface area contributed by atoms with Crippen LogP contribution in [0.4, 0.5) is 0 Å². The minimum absolute atomic E-state index is 0.0980. The van der Waals surface area contributed by atoms with Crippen LogP contribution in [0.2, 0.25) is 0 Å². The molecule has 5 heteroatoms. The second kappa shape index (κ2) is 7.09.